The highest BCUT2D eigenvalue weighted by Crippen LogP contribution is 2.15. The quantitative estimate of drug-likeness (QED) is 0.249. The van der Waals surface area contributed by atoms with E-state index in [9.17, 15) is 8.42 Å². The van der Waals surface area contributed by atoms with E-state index in [1.165, 1.54) is 10.6 Å². The molecule has 0 atom stereocenters. The van der Waals surface area contributed by atoms with Crippen LogP contribution < -0.4 is 11.1 Å². The minimum atomic E-state index is -3.15. The number of guanidine groups is 1. The number of nitrogens with one attached hydrogen (secondary N) is 1. The number of halogens is 1. The molecule has 1 rings (SSSR count). The lowest BCUT2D eigenvalue weighted by Gasteiger charge is -2.17. The lowest BCUT2D eigenvalue weighted by Crippen LogP contribution is -2.31. The molecule has 7 nitrogen and oxygen atoms in total. The van der Waals surface area contributed by atoms with Crippen LogP contribution in [0.1, 0.15) is 18.9 Å². The third-order valence-corrected chi connectivity index (χ3v) is 4.63. The van der Waals surface area contributed by atoms with Gasteiger partial charge in [-0.1, -0.05) is 25.1 Å². The van der Waals surface area contributed by atoms with Gasteiger partial charge in [-0.05, 0) is 12.5 Å². The number of aliphatic imine (C=N–C) groups is 1. The van der Waals surface area contributed by atoms with Crippen molar-refractivity contribution in [2.75, 3.05) is 38.3 Å². The average molecular weight is 470 g/mol. The Morgan fingerprint density at radius 3 is 2.62 bits per heavy atom. The van der Waals surface area contributed by atoms with E-state index in [-0.39, 0.29) is 24.0 Å². The van der Waals surface area contributed by atoms with Gasteiger partial charge in [0, 0.05) is 38.0 Å². The minimum Gasteiger partial charge on any atom is -0.380 e. The molecule has 0 heterocycles. The van der Waals surface area contributed by atoms with Crippen molar-refractivity contribution in [3.63, 3.8) is 0 Å². The van der Waals surface area contributed by atoms with Gasteiger partial charge in [0.05, 0.1) is 12.9 Å². The number of hydrogen-bond donors (Lipinski definition) is 2. The van der Waals surface area contributed by atoms with E-state index in [2.05, 4.69) is 10.3 Å². The van der Waals surface area contributed by atoms with E-state index in [1.54, 1.807) is 7.11 Å². The second-order valence-corrected chi connectivity index (χ2v) is 7.07. The molecule has 0 aliphatic carbocycles. The third kappa shape index (κ3) is 8.27. The van der Waals surface area contributed by atoms with Gasteiger partial charge in [-0.2, -0.15) is 0 Å². The maximum atomic E-state index is 11.5. The minimum absolute atomic E-state index is 0. The van der Waals surface area contributed by atoms with Crippen LogP contribution in [0.15, 0.2) is 29.3 Å². The second kappa shape index (κ2) is 11.6. The Morgan fingerprint density at radius 1 is 1.38 bits per heavy atom. The molecular weight excluding hydrogens is 443 g/mol. The van der Waals surface area contributed by atoms with Crippen LogP contribution in [0, 0.1) is 0 Å². The highest BCUT2D eigenvalue weighted by molar-refractivity contribution is 14.0. The van der Waals surface area contributed by atoms with Crippen molar-refractivity contribution < 1.29 is 13.2 Å². The molecular formula is C15H27IN4O3S. The lowest BCUT2D eigenvalue weighted by molar-refractivity contribution is 0.185. The number of nitrogens with zero attached hydrogens (tertiary/aromatic N) is 2. The Labute approximate surface area is 161 Å². The molecule has 0 unspecified atom stereocenters. The number of anilines is 1. The van der Waals surface area contributed by atoms with Crippen molar-refractivity contribution in [1.82, 2.24) is 4.31 Å². The van der Waals surface area contributed by atoms with Crippen molar-refractivity contribution in [2.24, 2.45) is 10.7 Å². The summed E-state index contributed by atoms with van der Waals surface area (Å²) in [4.78, 5) is 4.23. The fourth-order valence-electron chi connectivity index (χ4n) is 2.11. The highest BCUT2D eigenvalue weighted by Gasteiger charge is 2.12. The summed E-state index contributed by atoms with van der Waals surface area (Å²) in [5.41, 5.74) is 7.71. The molecule has 3 N–H and O–H groups in total. The summed E-state index contributed by atoms with van der Waals surface area (Å²) in [6.45, 7) is 3.65. The highest BCUT2D eigenvalue weighted by atomic mass is 127. The molecule has 0 saturated carbocycles. The van der Waals surface area contributed by atoms with Crippen LogP contribution in [0.3, 0.4) is 0 Å². The Kier molecular flexibility index (Phi) is 11.2. The first-order valence-corrected chi connectivity index (χ1v) is 9.32. The Morgan fingerprint density at radius 2 is 2.04 bits per heavy atom. The first kappa shape index (κ1) is 23.1. The fraction of sp³-hybridized carbons (Fsp3) is 0.533. The van der Waals surface area contributed by atoms with Gasteiger partial charge in [0.2, 0.25) is 10.0 Å². The Hall–Kier alpha value is -0.910. The molecule has 0 radical (unpaired) electrons. The van der Waals surface area contributed by atoms with E-state index in [4.69, 9.17) is 10.5 Å². The number of ether oxygens (including phenoxy) is 1. The van der Waals surface area contributed by atoms with Crippen molar-refractivity contribution in [2.45, 2.75) is 20.0 Å². The number of benzene rings is 1. The smallest absolute Gasteiger partial charge is 0.211 e. The molecule has 0 amide bonds. The topological polar surface area (TPSA) is 97.0 Å². The maximum Gasteiger partial charge on any atom is 0.211 e. The summed E-state index contributed by atoms with van der Waals surface area (Å²) < 4.78 is 29.5. The largest absolute Gasteiger partial charge is 0.380 e. The number of nitrogens with two attached hydrogens (primary N) is 1. The molecule has 0 fully saturated rings. The Bertz CT molecular complexity index is 623. The molecule has 1 aromatic rings. The average Bonchev–Trinajstić information content (AvgIpc) is 2.48. The van der Waals surface area contributed by atoms with Gasteiger partial charge < -0.3 is 15.8 Å². The van der Waals surface area contributed by atoms with E-state index < -0.39 is 10.0 Å². The van der Waals surface area contributed by atoms with Crippen LogP contribution in [0.25, 0.3) is 0 Å². The summed E-state index contributed by atoms with van der Waals surface area (Å²) in [6, 6.07) is 7.68. The van der Waals surface area contributed by atoms with E-state index in [0.29, 0.717) is 38.6 Å². The maximum absolute atomic E-state index is 11.5. The van der Waals surface area contributed by atoms with Gasteiger partial charge in [-0.3, -0.25) is 4.99 Å². The predicted octanol–water partition coefficient (Wildman–Crippen LogP) is 1.85. The van der Waals surface area contributed by atoms with Crippen LogP contribution in [0.4, 0.5) is 5.69 Å². The lowest BCUT2D eigenvalue weighted by atomic mass is 10.2. The van der Waals surface area contributed by atoms with Gasteiger partial charge in [-0.25, -0.2) is 12.7 Å². The van der Waals surface area contributed by atoms with Crippen LogP contribution in [0.5, 0.6) is 0 Å². The summed E-state index contributed by atoms with van der Waals surface area (Å²) >= 11 is 0. The number of sulfonamides is 1. The number of methoxy groups -OCH3 is 1. The summed E-state index contributed by atoms with van der Waals surface area (Å²) in [7, 11) is -1.52. The van der Waals surface area contributed by atoms with Crippen molar-refractivity contribution >= 4 is 45.6 Å². The molecule has 9 heteroatoms. The predicted molar refractivity (Wildman–Crippen MR) is 109 cm³/mol. The third-order valence-electron chi connectivity index (χ3n) is 3.25. The molecule has 0 saturated heterocycles. The van der Waals surface area contributed by atoms with Gasteiger partial charge in [0.25, 0.3) is 0 Å². The zero-order valence-electron chi connectivity index (χ0n) is 14.4. The molecule has 24 heavy (non-hydrogen) atoms. The van der Waals surface area contributed by atoms with Gasteiger partial charge >= 0.3 is 0 Å². The second-order valence-electron chi connectivity index (χ2n) is 5.09. The van der Waals surface area contributed by atoms with E-state index >= 15 is 0 Å². The molecule has 0 aliphatic rings. The summed E-state index contributed by atoms with van der Waals surface area (Å²) in [5, 5.41) is 3.04. The zero-order valence-corrected chi connectivity index (χ0v) is 17.5. The molecule has 0 bridgehead atoms. The van der Waals surface area contributed by atoms with E-state index in [0.717, 1.165) is 11.3 Å². The van der Waals surface area contributed by atoms with Crippen LogP contribution in [-0.4, -0.2) is 51.7 Å². The van der Waals surface area contributed by atoms with Crippen molar-refractivity contribution in [3.05, 3.63) is 29.8 Å². The van der Waals surface area contributed by atoms with Crippen molar-refractivity contribution in [3.8, 4) is 0 Å². The first-order chi connectivity index (χ1) is 10.9. The summed E-state index contributed by atoms with van der Waals surface area (Å²) in [6.07, 6.45) is 1.82. The molecule has 138 valence electrons. The molecule has 1 aromatic carbocycles. The van der Waals surface area contributed by atoms with Crippen LogP contribution in [0.2, 0.25) is 0 Å². The van der Waals surface area contributed by atoms with Crippen molar-refractivity contribution in [1.29, 1.82) is 0 Å². The number of rotatable bonds is 9. The standard InChI is InChI=1S/C15H26N4O3S.HI/c1-4-19(23(3,20)21)11-7-10-17-15(16)18-14-9-6-5-8-13(14)12-22-2;/h5-6,8-9H,4,7,10-12H2,1-3H3,(H3,16,17,18);1H. The molecule has 0 spiro atoms. The SMILES string of the molecule is CCN(CCCN=C(N)Nc1ccccc1COC)S(C)(=O)=O.I. The number of para-hydroxylation sites is 1. The van der Waals surface area contributed by atoms with Crippen LogP contribution >= 0.6 is 24.0 Å². The van der Waals surface area contributed by atoms with Gasteiger partial charge in [0.1, 0.15) is 0 Å². The monoisotopic (exact) mass is 470 g/mol. The van der Waals surface area contributed by atoms with Crippen LogP contribution in [-0.2, 0) is 21.4 Å². The molecule has 0 aromatic heterocycles. The Balaban J connectivity index is 0.00000529. The first-order valence-electron chi connectivity index (χ1n) is 7.47. The normalized spacial score (nSPS) is 12.1. The fourth-order valence-corrected chi connectivity index (χ4v) is 3.04. The number of hydrogen-bond acceptors (Lipinski definition) is 4. The van der Waals surface area contributed by atoms with Gasteiger partial charge in [-0.15, -0.1) is 24.0 Å². The zero-order chi connectivity index (χ0) is 17.3. The van der Waals surface area contributed by atoms with Gasteiger partial charge in [0.15, 0.2) is 5.96 Å². The summed E-state index contributed by atoms with van der Waals surface area (Å²) in [5.74, 6) is 0.302. The molecule has 0 aliphatic heterocycles. The van der Waals surface area contributed by atoms with E-state index in [1.807, 2.05) is 31.2 Å².